The molecule has 0 aromatic rings. The van der Waals surface area contributed by atoms with Gasteiger partial charge in [-0.1, -0.05) is 354 Å². The predicted octanol–water partition coefficient (Wildman–Crippen LogP) is 21.4. The van der Waals surface area contributed by atoms with Crippen molar-refractivity contribution in [1.29, 1.82) is 0 Å². The molecule has 0 spiro atoms. The van der Waals surface area contributed by atoms with Crippen LogP contribution in [0.3, 0.4) is 0 Å². The normalized spacial score (nSPS) is 12.4. The van der Waals surface area contributed by atoms with Crippen molar-refractivity contribution in [2.75, 3.05) is 13.2 Å². The molecular weight excluding hydrogens is 899 g/mol. The van der Waals surface area contributed by atoms with E-state index < -0.39 is 12.1 Å². The lowest BCUT2D eigenvalue weighted by atomic mass is 10.0. The van der Waals surface area contributed by atoms with Gasteiger partial charge in [0.05, 0.1) is 25.4 Å². The van der Waals surface area contributed by atoms with Crippen molar-refractivity contribution in [1.82, 2.24) is 5.32 Å². The second-order valence-corrected chi connectivity index (χ2v) is 23.5. The molecule has 436 valence electrons. The number of hydrogen-bond acceptors (Lipinski definition) is 5. The first-order valence-corrected chi connectivity index (χ1v) is 33.8. The zero-order chi connectivity index (χ0) is 52.9. The van der Waals surface area contributed by atoms with Crippen LogP contribution in [0.25, 0.3) is 0 Å². The van der Waals surface area contributed by atoms with E-state index in [0.717, 1.165) is 38.5 Å². The van der Waals surface area contributed by atoms with Crippen LogP contribution in [-0.4, -0.2) is 47.4 Å². The molecule has 0 heterocycles. The van der Waals surface area contributed by atoms with Gasteiger partial charge in [-0.15, -0.1) is 0 Å². The number of hydrogen-bond donors (Lipinski definition) is 3. The standard InChI is InChI=1S/C67H133NO5/c1-3-5-7-9-11-13-15-16-17-18-19-27-30-33-36-40-43-47-51-55-59-65(70)64(63-69)68-66(71)60-56-52-48-44-41-37-34-31-28-25-23-21-20-22-24-26-29-32-35-38-42-46-50-54-58-62-73-67(72)61-57-53-49-45-39-14-12-10-8-6-4-2/h64-65,69-70H,3-63H2,1-2H3,(H,68,71). The van der Waals surface area contributed by atoms with Crippen molar-refractivity contribution in [3.05, 3.63) is 0 Å². The second kappa shape index (κ2) is 63.4. The van der Waals surface area contributed by atoms with Gasteiger partial charge < -0.3 is 20.3 Å². The molecule has 0 aliphatic rings. The quantitative estimate of drug-likeness (QED) is 0.0417. The molecule has 0 saturated heterocycles. The monoisotopic (exact) mass is 1030 g/mol. The molecule has 6 heteroatoms. The number of rotatable bonds is 64. The van der Waals surface area contributed by atoms with Crippen molar-refractivity contribution >= 4 is 11.9 Å². The summed E-state index contributed by atoms with van der Waals surface area (Å²) in [5.41, 5.74) is 0. The number of ether oxygens (including phenoxy) is 1. The van der Waals surface area contributed by atoms with Crippen LogP contribution < -0.4 is 5.32 Å². The number of amides is 1. The second-order valence-electron chi connectivity index (χ2n) is 23.5. The summed E-state index contributed by atoms with van der Waals surface area (Å²) in [6, 6.07) is -0.539. The molecule has 0 radical (unpaired) electrons. The Labute approximate surface area is 457 Å². The average molecular weight is 1030 g/mol. The first-order valence-electron chi connectivity index (χ1n) is 33.8. The molecular formula is C67H133NO5. The Balaban J connectivity index is 3.36. The Kier molecular flexibility index (Phi) is 62.4. The highest BCUT2D eigenvalue weighted by molar-refractivity contribution is 5.76. The zero-order valence-corrected chi connectivity index (χ0v) is 49.9. The van der Waals surface area contributed by atoms with Crippen LogP contribution in [0.2, 0.25) is 0 Å². The summed E-state index contributed by atoms with van der Waals surface area (Å²) in [4.78, 5) is 24.5. The summed E-state index contributed by atoms with van der Waals surface area (Å²) in [6.07, 6.45) is 75.6. The molecule has 1 amide bonds. The van der Waals surface area contributed by atoms with Crippen molar-refractivity contribution in [2.45, 2.75) is 405 Å². The van der Waals surface area contributed by atoms with Crippen LogP contribution in [0.4, 0.5) is 0 Å². The highest BCUT2D eigenvalue weighted by Crippen LogP contribution is 2.19. The minimum Gasteiger partial charge on any atom is -0.466 e. The molecule has 0 rings (SSSR count). The maximum atomic E-state index is 12.5. The number of unbranched alkanes of at least 4 members (excludes halogenated alkanes) is 53. The Bertz CT molecular complexity index is 1050. The number of aliphatic hydroxyl groups is 2. The van der Waals surface area contributed by atoms with E-state index in [9.17, 15) is 19.8 Å². The fraction of sp³-hybridized carbons (Fsp3) is 0.970. The molecule has 0 aromatic carbocycles. The van der Waals surface area contributed by atoms with Crippen molar-refractivity contribution < 1.29 is 24.5 Å². The number of esters is 1. The highest BCUT2D eigenvalue weighted by atomic mass is 16.5. The van der Waals surface area contributed by atoms with E-state index in [2.05, 4.69) is 19.2 Å². The maximum Gasteiger partial charge on any atom is 0.305 e. The van der Waals surface area contributed by atoms with Gasteiger partial charge in [0.2, 0.25) is 5.91 Å². The first kappa shape index (κ1) is 71.9. The Morgan fingerprint density at radius 1 is 0.329 bits per heavy atom. The lowest BCUT2D eigenvalue weighted by Crippen LogP contribution is -2.45. The molecule has 0 aliphatic heterocycles. The third-order valence-corrected chi connectivity index (χ3v) is 16.2. The molecule has 0 fully saturated rings. The Morgan fingerprint density at radius 3 is 0.836 bits per heavy atom. The third kappa shape index (κ3) is 60.0. The van der Waals surface area contributed by atoms with Gasteiger partial charge in [-0.2, -0.15) is 0 Å². The van der Waals surface area contributed by atoms with Crippen LogP contribution in [0.1, 0.15) is 393 Å². The molecule has 2 unspecified atom stereocenters. The smallest absolute Gasteiger partial charge is 0.305 e. The molecule has 0 bridgehead atoms. The lowest BCUT2D eigenvalue weighted by molar-refractivity contribution is -0.143. The van der Waals surface area contributed by atoms with Gasteiger partial charge in [0.25, 0.3) is 0 Å². The van der Waals surface area contributed by atoms with Gasteiger partial charge in [0, 0.05) is 12.8 Å². The van der Waals surface area contributed by atoms with E-state index in [1.54, 1.807) is 0 Å². The summed E-state index contributed by atoms with van der Waals surface area (Å²) in [7, 11) is 0. The van der Waals surface area contributed by atoms with Crippen molar-refractivity contribution in [3.63, 3.8) is 0 Å². The SMILES string of the molecule is CCCCCCCCCCCCCCCCCCCCCCC(O)C(CO)NC(=O)CCCCCCCCCCCCCCCCCCCCCCCCCCCOC(=O)CCCCCCCCCCCCC. The van der Waals surface area contributed by atoms with Crippen LogP contribution in [0.15, 0.2) is 0 Å². The molecule has 0 aliphatic carbocycles. The molecule has 73 heavy (non-hydrogen) atoms. The summed E-state index contributed by atoms with van der Waals surface area (Å²) >= 11 is 0. The Hall–Kier alpha value is -1.14. The van der Waals surface area contributed by atoms with Gasteiger partial charge in [-0.3, -0.25) is 9.59 Å². The van der Waals surface area contributed by atoms with Crippen LogP contribution in [-0.2, 0) is 14.3 Å². The molecule has 0 aromatic heterocycles. The zero-order valence-electron chi connectivity index (χ0n) is 49.9. The van der Waals surface area contributed by atoms with E-state index in [-0.39, 0.29) is 18.5 Å². The lowest BCUT2D eigenvalue weighted by Gasteiger charge is -2.22. The third-order valence-electron chi connectivity index (χ3n) is 16.2. The summed E-state index contributed by atoms with van der Waals surface area (Å²) < 4.78 is 5.47. The average Bonchev–Trinajstić information content (AvgIpc) is 3.39. The van der Waals surface area contributed by atoms with Gasteiger partial charge in [0.1, 0.15) is 0 Å². The highest BCUT2D eigenvalue weighted by Gasteiger charge is 2.20. The topological polar surface area (TPSA) is 95.9 Å². The van der Waals surface area contributed by atoms with Crippen LogP contribution in [0.5, 0.6) is 0 Å². The molecule has 3 N–H and O–H groups in total. The van der Waals surface area contributed by atoms with E-state index in [0.29, 0.717) is 25.9 Å². The predicted molar refractivity (Wildman–Crippen MR) is 320 cm³/mol. The van der Waals surface area contributed by atoms with E-state index >= 15 is 0 Å². The molecule has 2 atom stereocenters. The van der Waals surface area contributed by atoms with E-state index in [4.69, 9.17) is 4.74 Å². The van der Waals surface area contributed by atoms with Crippen molar-refractivity contribution in [3.8, 4) is 0 Å². The van der Waals surface area contributed by atoms with E-state index in [1.165, 1.54) is 321 Å². The van der Waals surface area contributed by atoms with E-state index in [1.807, 2.05) is 0 Å². The summed E-state index contributed by atoms with van der Waals surface area (Å²) in [5.74, 6) is -0.0109. The summed E-state index contributed by atoms with van der Waals surface area (Å²) in [6.45, 7) is 4.99. The van der Waals surface area contributed by atoms with Crippen molar-refractivity contribution in [2.24, 2.45) is 0 Å². The maximum absolute atomic E-state index is 12.5. The molecule has 6 nitrogen and oxygen atoms in total. The minimum atomic E-state index is -0.663. The fourth-order valence-electron chi connectivity index (χ4n) is 11.0. The van der Waals surface area contributed by atoms with Gasteiger partial charge in [-0.05, 0) is 25.7 Å². The fourth-order valence-corrected chi connectivity index (χ4v) is 11.0. The largest absolute Gasteiger partial charge is 0.466 e. The van der Waals surface area contributed by atoms with Gasteiger partial charge >= 0.3 is 5.97 Å². The first-order chi connectivity index (χ1) is 36.0. The van der Waals surface area contributed by atoms with Crippen LogP contribution in [0, 0.1) is 0 Å². The van der Waals surface area contributed by atoms with Gasteiger partial charge in [0.15, 0.2) is 0 Å². The number of aliphatic hydroxyl groups excluding tert-OH is 2. The molecule has 0 saturated carbocycles. The number of carbonyl (C=O) groups is 2. The summed E-state index contributed by atoms with van der Waals surface area (Å²) in [5, 5.41) is 23.4. The van der Waals surface area contributed by atoms with Crippen LogP contribution >= 0.6 is 0 Å². The van der Waals surface area contributed by atoms with Gasteiger partial charge in [-0.25, -0.2) is 0 Å². The number of nitrogens with one attached hydrogen (secondary N) is 1. The number of carbonyl (C=O) groups excluding carboxylic acids is 2. The minimum absolute atomic E-state index is 0.0173. The Morgan fingerprint density at radius 2 is 0.562 bits per heavy atom.